The maximum atomic E-state index is 9.75. The van der Waals surface area contributed by atoms with Gasteiger partial charge in [-0.3, -0.25) is 0 Å². The number of hydrogen-bond acceptors (Lipinski definition) is 2. The second-order valence-electron chi connectivity index (χ2n) is 7.73. The highest BCUT2D eigenvalue weighted by Gasteiger charge is 2.21. The molecule has 3 nitrogen and oxygen atoms in total. The van der Waals surface area contributed by atoms with Gasteiger partial charge in [0, 0.05) is 16.7 Å². The zero-order valence-electron chi connectivity index (χ0n) is 17.9. The molecule has 4 aromatic carbocycles. The highest BCUT2D eigenvalue weighted by molar-refractivity contribution is 5.84. The Hall–Kier alpha value is -4.11. The molecule has 1 N–H and O–H groups in total. The van der Waals surface area contributed by atoms with E-state index in [0.29, 0.717) is 0 Å². The van der Waals surface area contributed by atoms with Crippen molar-refractivity contribution in [2.75, 3.05) is 0 Å². The summed E-state index contributed by atoms with van der Waals surface area (Å²) >= 11 is 0. The molecule has 0 aliphatic rings. The van der Waals surface area contributed by atoms with Gasteiger partial charge in [-0.2, -0.15) is 5.10 Å². The van der Waals surface area contributed by atoms with E-state index in [4.69, 9.17) is 5.10 Å². The first-order valence-electron chi connectivity index (χ1n) is 10.9. The maximum absolute atomic E-state index is 9.75. The van der Waals surface area contributed by atoms with Crippen molar-refractivity contribution in [1.82, 2.24) is 9.78 Å². The molecule has 0 spiro atoms. The van der Waals surface area contributed by atoms with Gasteiger partial charge in [0.05, 0.1) is 11.4 Å². The van der Waals surface area contributed by atoms with E-state index in [1.165, 1.54) is 11.3 Å². The average molecular weight is 417 g/mol. The summed E-state index contributed by atoms with van der Waals surface area (Å²) in [6.45, 7) is 2.18. The van der Waals surface area contributed by atoms with E-state index in [0.717, 1.165) is 40.1 Å². The molecule has 156 valence electrons. The zero-order chi connectivity index (χ0) is 21.9. The smallest absolute Gasteiger partial charge is 0.115 e. The molecule has 1 aromatic heterocycles. The lowest BCUT2D eigenvalue weighted by Gasteiger charge is -2.13. The van der Waals surface area contributed by atoms with Gasteiger partial charge in [-0.15, -0.1) is 0 Å². The number of para-hydroxylation sites is 1. The maximum Gasteiger partial charge on any atom is 0.115 e. The number of phenols is 1. The molecule has 0 saturated heterocycles. The first-order valence-corrected chi connectivity index (χ1v) is 10.9. The molecule has 0 radical (unpaired) electrons. The van der Waals surface area contributed by atoms with Crippen LogP contribution in [-0.2, 0) is 6.42 Å². The molecule has 0 saturated carbocycles. The summed E-state index contributed by atoms with van der Waals surface area (Å²) in [5.41, 5.74) is 8.71. The van der Waals surface area contributed by atoms with Crippen LogP contribution in [-0.4, -0.2) is 14.9 Å². The summed E-state index contributed by atoms with van der Waals surface area (Å²) in [5, 5.41) is 14.9. The largest absolute Gasteiger partial charge is 0.508 e. The minimum Gasteiger partial charge on any atom is -0.508 e. The first-order chi connectivity index (χ1) is 15.8. The van der Waals surface area contributed by atoms with E-state index in [2.05, 4.69) is 72.3 Å². The number of benzene rings is 4. The van der Waals surface area contributed by atoms with Gasteiger partial charge in [0.2, 0.25) is 0 Å². The molecule has 0 aliphatic heterocycles. The van der Waals surface area contributed by atoms with Crippen LogP contribution >= 0.6 is 0 Å². The summed E-state index contributed by atoms with van der Waals surface area (Å²) in [7, 11) is 0. The van der Waals surface area contributed by atoms with E-state index in [-0.39, 0.29) is 5.75 Å². The van der Waals surface area contributed by atoms with Crippen molar-refractivity contribution in [1.29, 1.82) is 0 Å². The van der Waals surface area contributed by atoms with Crippen molar-refractivity contribution in [3.63, 3.8) is 0 Å². The first kappa shape index (κ1) is 19.8. The van der Waals surface area contributed by atoms with Crippen molar-refractivity contribution in [3.8, 4) is 44.9 Å². The molecule has 0 amide bonds. The van der Waals surface area contributed by atoms with Gasteiger partial charge in [-0.25, -0.2) is 4.68 Å². The van der Waals surface area contributed by atoms with Crippen LogP contribution in [0.1, 0.15) is 12.6 Å². The molecule has 1 heterocycles. The predicted molar refractivity (Wildman–Crippen MR) is 131 cm³/mol. The molecular weight excluding hydrogens is 392 g/mol. The van der Waals surface area contributed by atoms with Crippen molar-refractivity contribution in [2.45, 2.75) is 13.3 Å². The average Bonchev–Trinajstić information content (AvgIpc) is 3.25. The van der Waals surface area contributed by atoms with Crippen LogP contribution in [0.3, 0.4) is 0 Å². The van der Waals surface area contributed by atoms with Gasteiger partial charge in [-0.1, -0.05) is 97.9 Å². The fourth-order valence-corrected chi connectivity index (χ4v) is 4.23. The molecule has 0 atom stereocenters. The third-order valence-corrected chi connectivity index (χ3v) is 5.74. The monoisotopic (exact) mass is 416 g/mol. The van der Waals surface area contributed by atoms with E-state index < -0.39 is 0 Å². The Balaban J connectivity index is 1.79. The summed E-state index contributed by atoms with van der Waals surface area (Å²) < 4.78 is 2.09. The fraction of sp³-hybridized carbons (Fsp3) is 0.0690. The SMILES string of the molecule is CCc1c(-c2ccccc2)c(-c2ccccc2)nn1-c1ccccc1-c1ccc(O)cc1. The van der Waals surface area contributed by atoms with E-state index in [9.17, 15) is 5.11 Å². The van der Waals surface area contributed by atoms with Gasteiger partial charge in [0.15, 0.2) is 0 Å². The van der Waals surface area contributed by atoms with Crippen LogP contribution in [0, 0.1) is 0 Å². The molecule has 0 unspecified atom stereocenters. The van der Waals surface area contributed by atoms with Crippen LogP contribution in [0.4, 0.5) is 0 Å². The topological polar surface area (TPSA) is 38.0 Å². The van der Waals surface area contributed by atoms with Gasteiger partial charge < -0.3 is 5.11 Å². The van der Waals surface area contributed by atoms with Crippen LogP contribution in [0.25, 0.3) is 39.2 Å². The lowest BCUT2D eigenvalue weighted by molar-refractivity contribution is 0.475. The van der Waals surface area contributed by atoms with Gasteiger partial charge in [0.25, 0.3) is 0 Å². The van der Waals surface area contributed by atoms with Gasteiger partial charge >= 0.3 is 0 Å². The summed E-state index contributed by atoms with van der Waals surface area (Å²) in [6, 6.07) is 36.5. The fourth-order valence-electron chi connectivity index (χ4n) is 4.23. The van der Waals surface area contributed by atoms with E-state index in [1.807, 2.05) is 36.4 Å². The zero-order valence-corrected chi connectivity index (χ0v) is 17.9. The summed E-state index contributed by atoms with van der Waals surface area (Å²) in [4.78, 5) is 0. The third-order valence-electron chi connectivity index (χ3n) is 5.74. The third kappa shape index (κ3) is 3.58. The Morgan fingerprint density at radius 3 is 1.91 bits per heavy atom. The minimum absolute atomic E-state index is 0.261. The highest BCUT2D eigenvalue weighted by atomic mass is 16.3. The second kappa shape index (κ2) is 8.56. The predicted octanol–water partition coefficient (Wildman–Crippen LogP) is 7.14. The molecule has 0 fully saturated rings. The molecule has 32 heavy (non-hydrogen) atoms. The Labute approximate surface area is 188 Å². The molecule has 5 rings (SSSR count). The van der Waals surface area contributed by atoms with Crippen molar-refractivity contribution in [3.05, 3.63) is 115 Å². The van der Waals surface area contributed by atoms with Crippen molar-refractivity contribution in [2.24, 2.45) is 0 Å². The van der Waals surface area contributed by atoms with Crippen molar-refractivity contribution >= 4 is 0 Å². The quantitative estimate of drug-likeness (QED) is 0.331. The molecule has 0 bridgehead atoms. The highest BCUT2D eigenvalue weighted by Crippen LogP contribution is 2.38. The number of nitrogens with zero attached hydrogens (tertiary/aromatic N) is 2. The molecule has 5 aromatic rings. The number of aromatic nitrogens is 2. The normalized spacial score (nSPS) is 10.9. The van der Waals surface area contributed by atoms with Crippen LogP contribution in [0.5, 0.6) is 5.75 Å². The molecule has 3 heteroatoms. The second-order valence-corrected chi connectivity index (χ2v) is 7.73. The van der Waals surface area contributed by atoms with Crippen LogP contribution in [0.15, 0.2) is 109 Å². The lowest BCUT2D eigenvalue weighted by atomic mass is 9.97. The van der Waals surface area contributed by atoms with Crippen molar-refractivity contribution < 1.29 is 5.11 Å². The number of rotatable bonds is 5. The van der Waals surface area contributed by atoms with Gasteiger partial charge in [-0.05, 0) is 35.7 Å². The van der Waals surface area contributed by atoms with Crippen LogP contribution in [0.2, 0.25) is 0 Å². The summed E-state index contributed by atoms with van der Waals surface area (Å²) in [6.07, 6.45) is 0.841. The molecular formula is C29H24N2O. The van der Waals surface area contributed by atoms with Gasteiger partial charge in [0.1, 0.15) is 11.4 Å². The molecule has 0 aliphatic carbocycles. The number of phenolic OH excluding ortho intramolecular Hbond substituents is 1. The summed E-state index contributed by atoms with van der Waals surface area (Å²) in [5.74, 6) is 0.261. The van der Waals surface area contributed by atoms with E-state index in [1.54, 1.807) is 12.1 Å². The Morgan fingerprint density at radius 2 is 1.25 bits per heavy atom. The Bertz CT molecular complexity index is 1340. The minimum atomic E-state index is 0.261. The van der Waals surface area contributed by atoms with Crippen LogP contribution < -0.4 is 0 Å². The Kier molecular flexibility index (Phi) is 5.30. The van der Waals surface area contributed by atoms with E-state index >= 15 is 0 Å². The standard InChI is InChI=1S/C29H24N2O/c1-2-26-28(22-11-5-3-6-12-22)29(23-13-7-4-8-14-23)30-31(26)27-16-10-9-15-25(27)21-17-19-24(32)20-18-21/h3-20,32H,2H2,1H3. The lowest BCUT2D eigenvalue weighted by Crippen LogP contribution is -2.04. The Morgan fingerprint density at radius 1 is 0.656 bits per heavy atom. The number of aromatic hydroxyl groups is 1. The number of hydrogen-bond donors (Lipinski definition) is 1.